The number of amides is 1. The monoisotopic (exact) mass is 422 g/mol. The highest BCUT2D eigenvalue weighted by Crippen LogP contribution is 2.40. The first-order chi connectivity index (χ1) is 14.0. The average molecular weight is 423 g/mol. The molecule has 0 aliphatic carbocycles. The summed E-state index contributed by atoms with van der Waals surface area (Å²) in [6, 6.07) is 16.3. The van der Waals surface area contributed by atoms with E-state index in [1.54, 1.807) is 66.9 Å². The standard InChI is InChI=1S/C22H12Cl2N2O3/c23-13-6-4-12(5-7-13)19-18-20(27)15-11-14(24)8-9-16(15)29-21(18)22(28)26(19)17-3-1-2-10-25-17/h1-11,19H. The van der Waals surface area contributed by atoms with Gasteiger partial charge >= 0.3 is 0 Å². The highest BCUT2D eigenvalue weighted by atomic mass is 35.5. The van der Waals surface area contributed by atoms with Gasteiger partial charge in [-0.2, -0.15) is 0 Å². The minimum Gasteiger partial charge on any atom is -0.450 e. The molecule has 1 amide bonds. The molecular weight excluding hydrogens is 411 g/mol. The second-order valence-electron chi connectivity index (χ2n) is 6.63. The minimum atomic E-state index is -0.690. The van der Waals surface area contributed by atoms with Crippen LogP contribution in [0.2, 0.25) is 10.0 Å². The first-order valence-electron chi connectivity index (χ1n) is 8.81. The van der Waals surface area contributed by atoms with Crippen LogP contribution in [-0.4, -0.2) is 10.9 Å². The summed E-state index contributed by atoms with van der Waals surface area (Å²) in [7, 11) is 0. The van der Waals surface area contributed by atoms with Gasteiger partial charge in [0.1, 0.15) is 11.4 Å². The van der Waals surface area contributed by atoms with Crippen LogP contribution in [0.5, 0.6) is 0 Å². The summed E-state index contributed by atoms with van der Waals surface area (Å²) in [5, 5.41) is 1.30. The van der Waals surface area contributed by atoms with E-state index in [0.29, 0.717) is 26.8 Å². The Morgan fingerprint density at radius 1 is 0.931 bits per heavy atom. The second kappa shape index (κ2) is 6.72. The van der Waals surface area contributed by atoms with Gasteiger partial charge in [-0.25, -0.2) is 4.98 Å². The van der Waals surface area contributed by atoms with E-state index in [9.17, 15) is 9.59 Å². The molecule has 5 nitrogen and oxygen atoms in total. The van der Waals surface area contributed by atoms with Crippen LogP contribution in [-0.2, 0) is 0 Å². The molecule has 7 heteroatoms. The van der Waals surface area contributed by atoms with Gasteiger partial charge in [0.25, 0.3) is 5.91 Å². The lowest BCUT2D eigenvalue weighted by atomic mass is 9.98. The minimum absolute atomic E-state index is 0.00965. The summed E-state index contributed by atoms with van der Waals surface area (Å²) in [5.41, 5.74) is 0.998. The maximum atomic E-state index is 13.4. The third-order valence-corrected chi connectivity index (χ3v) is 5.40. The summed E-state index contributed by atoms with van der Waals surface area (Å²) >= 11 is 12.1. The molecule has 0 N–H and O–H groups in total. The summed E-state index contributed by atoms with van der Waals surface area (Å²) in [5.74, 6) is 0.00774. The number of aromatic nitrogens is 1. The lowest BCUT2D eigenvalue weighted by Gasteiger charge is -2.24. The van der Waals surface area contributed by atoms with Crippen LogP contribution in [0.4, 0.5) is 5.82 Å². The van der Waals surface area contributed by atoms with Crippen LogP contribution in [0, 0.1) is 0 Å². The van der Waals surface area contributed by atoms with Crippen LogP contribution < -0.4 is 10.3 Å². The normalized spacial score (nSPS) is 15.7. The highest BCUT2D eigenvalue weighted by molar-refractivity contribution is 6.31. The Morgan fingerprint density at radius 3 is 2.41 bits per heavy atom. The molecule has 1 aliphatic heterocycles. The van der Waals surface area contributed by atoms with Crippen molar-refractivity contribution in [1.82, 2.24) is 4.98 Å². The van der Waals surface area contributed by atoms with Gasteiger partial charge in [-0.1, -0.05) is 41.4 Å². The number of nitrogens with zero attached hydrogens (tertiary/aromatic N) is 2. The number of pyridine rings is 1. The number of anilines is 1. The van der Waals surface area contributed by atoms with Crippen molar-refractivity contribution in [2.24, 2.45) is 0 Å². The number of halogens is 2. The number of hydrogen-bond donors (Lipinski definition) is 0. The van der Waals surface area contributed by atoms with E-state index < -0.39 is 11.9 Å². The Morgan fingerprint density at radius 2 is 1.69 bits per heavy atom. The number of benzene rings is 2. The quantitative estimate of drug-likeness (QED) is 0.442. The third-order valence-electron chi connectivity index (χ3n) is 4.91. The topological polar surface area (TPSA) is 63.4 Å². The van der Waals surface area contributed by atoms with Gasteiger partial charge in [0, 0.05) is 16.2 Å². The number of rotatable bonds is 2. The Kier molecular flexibility index (Phi) is 4.15. The fraction of sp³-hybridized carbons (Fsp3) is 0.0455. The first kappa shape index (κ1) is 17.9. The molecule has 1 atom stereocenters. The molecule has 4 aromatic rings. The second-order valence-corrected chi connectivity index (χ2v) is 7.50. The summed E-state index contributed by atoms with van der Waals surface area (Å²) < 4.78 is 5.88. The van der Waals surface area contributed by atoms with Crippen molar-refractivity contribution in [3.63, 3.8) is 0 Å². The van der Waals surface area contributed by atoms with E-state index in [-0.39, 0.29) is 16.8 Å². The fourth-order valence-electron chi connectivity index (χ4n) is 3.64. The summed E-state index contributed by atoms with van der Waals surface area (Å²) in [6.07, 6.45) is 1.59. The Hall–Kier alpha value is -3.15. The Balaban J connectivity index is 1.83. The van der Waals surface area contributed by atoms with Crippen molar-refractivity contribution in [2.75, 3.05) is 4.90 Å². The van der Waals surface area contributed by atoms with Crippen molar-refractivity contribution in [2.45, 2.75) is 6.04 Å². The van der Waals surface area contributed by atoms with Crippen molar-refractivity contribution < 1.29 is 9.21 Å². The van der Waals surface area contributed by atoms with Gasteiger partial charge in [0.05, 0.1) is 17.0 Å². The zero-order valence-corrected chi connectivity index (χ0v) is 16.3. The molecular formula is C22H12Cl2N2O3. The molecule has 0 spiro atoms. The SMILES string of the molecule is O=C1c2oc3ccc(Cl)cc3c(=O)c2C(c2ccc(Cl)cc2)N1c1ccccn1. The highest BCUT2D eigenvalue weighted by Gasteiger charge is 2.44. The van der Waals surface area contributed by atoms with Crippen molar-refractivity contribution in [3.8, 4) is 0 Å². The van der Waals surface area contributed by atoms with E-state index >= 15 is 0 Å². The lowest BCUT2D eigenvalue weighted by Crippen LogP contribution is -2.30. The Bertz CT molecular complexity index is 1320. The number of fused-ring (bicyclic) bond motifs is 2. The molecule has 0 fully saturated rings. The van der Waals surface area contributed by atoms with Gasteiger partial charge in [0.2, 0.25) is 5.76 Å². The van der Waals surface area contributed by atoms with E-state index in [1.807, 2.05) is 0 Å². The molecule has 3 heterocycles. The van der Waals surface area contributed by atoms with E-state index in [2.05, 4.69) is 4.98 Å². The number of carbonyl (C=O) groups is 1. The molecule has 0 bridgehead atoms. The van der Waals surface area contributed by atoms with Crippen LogP contribution in [0.15, 0.2) is 76.1 Å². The van der Waals surface area contributed by atoms with Gasteiger partial charge in [-0.05, 0) is 48.0 Å². The van der Waals surface area contributed by atoms with Gasteiger partial charge in [0.15, 0.2) is 5.43 Å². The fourth-order valence-corrected chi connectivity index (χ4v) is 3.94. The summed E-state index contributed by atoms with van der Waals surface area (Å²) in [6.45, 7) is 0. The lowest BCUT2D eigenvalue weighted by molar-refractivity contribution is 0.0970. The van der Waals surface area contributed by atoms with Crippen LogP contribution in [0.1, 0.15) is 27.7 Å². The first-order valence-corrected chi connectivity index (χ1v) is 9.56. The van der Waals surface area contributed by atoms with Crippen molar-refractivity contribution >= 4 is 45.9 Å². The van der Waals surface area contributed by atoms with Gasteiger partial charge in [-0.3, -0.25) is 14.5 Å². The van der Waals surface area contributed by atoms with E-state index in [0.717, 1.165) is 5.56 Å². The molecule has 0 saturated heterocycles. The zero-order valence-electron chi connectivity index (χ0n) is 14.8. The average Bonchev–Trinajstić information content (AvgIpc) is 3.03. The van der Waals surface area contributed by atoms with Crippen LogP contribution in [0.25, 0.3) is 11.0 Å². The van der Waals surface area contributed by atoms with E-state index in [1.165, 1.54) is 4.90 Å². The molecule has 142 valence electrons. The van der Waals surface area contributed by atoms with Crippen LogP contribution in [0.3, 0.4) is 0 Å². The van der Waals surface area contributed by atoms with Gasteiger partial charge in [-0.15, -0.1) is 0 Å². The molecule has 0 saturated carbocycles. The molecule has 2 aromatic carbocycles. The zero-order chi connectivity index (χ0) is 20.1. The largest absolute Gasteiger partial charge is 0.450 e. The van der Waals surface area contributed by atoms with Crippen molar-refractivity contribution in [1.29, 1.82) is 0 Å². The van der Waals surface area contributed by atoms with E-state index in [4.69, 9.17) is 27.6 Å². The smallest absolute Gasteiger partial charge is 0.296 e. The number of hydrogen-bond acceptors (Lipinski definition) is 4. The number of carbonyl (C=O) groups excluding carboxylic acids is 1. The van der Waals surface area contributed by atoms with Crippen molar-refractivity contribution in [3.05, 3.63) is 104 Å². The van der Waals surface area contributed by atoms with Crippen LogP contribution >= 0.6 is 23.2 Å². The van der Waals surface area contributed by atoms with Gasteiger partial charge < -0.3 is 4.42 Å². The predicted molar refractivity (Wildman–Crippen MR) is 112 cm³/mol. The molecule has 1 unspecified atom stereocenters. The molecule has 29 heavy (non-hydrogen) atoms. The Labute approximate surface area is 175 Å². The molecule has 0 radical (unpaired) electrons. The molecule has 2 aromatic heterocycles. The predicted octanol–water partition coefficient (Wildman–Crippen LogP) is 5.24. The maximum Gasteiger partial charge on any atom is 0.296 e. The molecule has 1 aliphatic rings. The molecule has 5 rings (SSSR count). The maximum absolute atomic E-state index is 13.4. The third kappa shape index (κ3) is 2.82. The summed E-state index contributed by atoms with van der Waals surface area (Å²) in [4.78, 5) is 32.5.